The molecule has 7 nitrogen and oxygen atoms in total. The molecule has 0 bridgehead atoms. The summed E-state index contributed by atoms with van der Waals surface area (Å²) in [5.74, 6) is 1.18. The van der Waals surface area contributed by atoms with E-state index in [1.807, 2.05) is 6.92 Å². The van der Waals surface area contributed by atoms with Crippen LogP contribution in [0.1, 0.15) is 39.0 Å². The van der Waals surface area contributed by atoms with E-state index in [9.17, 15) is 14.7 Å². The number of amides is 2. The fourth-order valence-corrected chi connectivity index (χ4v) is 3.02. The van der Waals surface area contributed by atoms with Gasteiger partial charge in [-0.05, 0) is 31.4 Å². The highest BCUT2D eigenvalue weighted by Crippen LogP contribution is 2.28. The summed E-state index contributed by atoms with van der Waals surface area (Å²) in [7, 11) is 1.57. The molecule has 0 radical (unpaired) electrons. The third-order valence-electron chi connectivity index (χ3n) is 4.76. The quantitative estimate of drug-likeness (QED) is 0.583. The van der Waals surface area contributed by atoms with Crippen LogP contribution >= 0.6 is 0 Å². The lowest BCUT2D eigenvalue weighted by Gasteiger charge is -2.27. The largest absolute Gasteiger partial charge is 0.497 e. The van der Waals surface area contributed by atoms with Gasteiger partial charge in [-0.25, -0.2) is 0 Å². The SMILES string of the molecule is CCC1(CCC(=O)NCC(O)COc2cccc(OC)c2)CCC(=O)N1. The van der Waals surface area contributed by atoms with Gasteiger partial charge in [-0.3, -0.25) is 9.59 Å². The zero-order chi connectivity index (χ0) is 19.0. The molecule has 144 valence electrons. The number of carbonyl (C=O) groups excluding carboxylic acids is 2. The fraction of sp³-hybridized carbons (Fsp3) is 0.579. The topological polar surface area (TPSA) is 96.9 Å². The average molecular weight is 364 g/mol. The lowest BCUT2D eigenvalue weighted by molar-refractivity contribution is -0.123. The molecule has 1 heterocycles. The van der Waals surface area contributed by atoms with Crippen LogP contribution in [0.2, 0.25) is 0 Å². The molecule has 2 unspecified atom stereocenters. The summed E-state index contributed by atoms with van der Waals surface area (Å²) in [5, 5.41) is 15.7. The summed E-state index contributed by atoms with van der Waals surface area (Å²) < 4.78 is 10.6. The maximum atomic E-state index is 12.0. The van der Waals surface area contributed by atoms with Crippen molar-refractivity contribution in [1.82, 2.24) is 10.6 Å². The standard InChI is InChI=1S/C19H28N2O5/c1-3-19(10-8-18(24)21-19)9-7-17(23)20-12-14(22)13-26-16-6-4-5-15(11-16)25-2/h4-6,11,14,22H,3,7-10,12-13H2,1-2H3,(H,20,23)(H,21,24). The molecule has 0 spiro atoms. The molecule has 0 aliphatic carbocycles. The molecule has 2 atom stereocenters. The minimum absolute atomic E-state index is 0.0531. The number of methoxy groups -OCH3 is 1. The zero-order valence-corrected chi connectivity index (χ0v) is 15.4. The molecule has 1 aliphatic heterocycles. The molecule has 0 aromatic heterocycles. The van der Waals surface area contributed by atoms with Crippen LogP contribution in [0.15, 0.2) is 24.3 Å². The van der Waals surface area contributed by atoms with E-state index in [2.05, 4.69) is 10.6 Å². The molecule has 3 N–H and O–H groups in total. The Hall–Kier alpha value is -2.28. The molecule has 2 rings (SSSR count). The number of hydrogen-bond acceptors (Lipinski definition) is 5. The van der Waals surface area contributed by atoms with Gasteiger partial charge in [0, 0.05) is 31.0 Å². The van der Waals surface area contributed by atoms with Crippen LogP contribution in [0.5, 0.6) is 11.5 Å². The van der Waals surface area contributed by atoms with Crippen LogP contribution < -0.4 is 20.1 Å². The first-order chi connectivity index (χ1) is 12.5. The Bertz CT molecular complexity index is 622. The van der Waals surface area contributed by atoms with Crippen molar-refractivity contribution in [3.63, 3.8) is 0 Å². The molecule has 7 heteroatoms. The van der Waals surface area contributed by atoms with Gasteiger partial charge in [0.15, 0.2) is 0 Å². The highest BCUT2D eigenvalue weighted by Gasteiger charge is 2.35. The number of rotatable bonds is 10. The van der Waals surface area contributed by atoms with Crippen molar-refractivity contribution in [2.24, 2.45) is 0 Å². The highest BCUT2D eigenvalue weighted by atomic mass is 16.5. The number of nitrogens with one attached hydrogen (secondary N) is 2. The van der Waals surface area contributed by atoms with Crippen molar-refractivity contribution < 1.29 is 24.2 Å². The van der Waals surface area contributed by atoms with Crippen LogP contribution in [-0.2, 0) is 9.59 Å². The number of aliphatic hydroxyl groups excluding tert-OH is 1. The molecular formula is C19H28N2O5. The van der Waals surface area contributed by atoms with E-state index in [1.54, 1.807) is 31.4 Å². The second kappa shape index (κ2) is 9.43. The van der Waals surface area contributed by atoms with E-state index in [1.165, 1.54) is 0 Å². The Morgan fingerprint density at radius 3 is 2.85 bits per heavy atom. The second-order valence-corrected chi connectivity index (χ2v) is 6.63. The number of benzene rings is 1. The van der Waals surface area contributed by atoms with E-state index in [-0.39, 0.29) is 30.5 Å². The van der Waals surface area contributed by atoms with Crippen LogP contribution in [0.3, 0.4) is 0 Å². The molecule has 1 aromatic rings. The Labute approximate surface area is 154 Å². The Morgan fingerprint density at radius 1 is 1.42 bits per heavy atom. The van der Waals surface area contributed by atoms with Gasteiger partial charge < -0.3 is 25.2 Å². The first-order valence-corrected chi connectivity index (χ1v) is 8.99. The molecule has 2 amide bonds. The van der Waals surface area contributed by atoms with Crippen LogP contribution in [0.25, 0.3) is 0 Å². The Morgan fingerprint density at radius 2 is 2.19 bits per heavy atom. The van der Waals surface area contributed by atoms with Crippen LogP contribution in [-0.4, -0.2) is 48.8 Å². The van der Waals surface area contributed by atoms with Gasteiger partial charge in [-0.1, -0.05) is 13.0 Å². The molecule has 1 saturated heterocycles. The Kier molecular flexibility index (Phi) is 7.26. The summed E-state index contributed by atoms with van der Waals surface area (Å²) in [6.45, 7) is 2.21. The van der Waals surface area contributed by atoms with Gasteiger partial charge in [-0.15, -0.1) is 0 Å². The van der Waals surface area contributed by atoms with Crippen molar-refractivity contribution >= 4 is 11.8 Å². The van der Waals surface area contributed by atoms with Gasteiger partial charge in [0.25, 0.3) is 0 Å². The van der Waals surface area contributed by atoms with Crippen molar-refractivity contribution in [3.8, 4) is 11.5 Å². The number of ether oxygens (including phenoxy) is 2. The molecule has 1 aliphatic rings. The summed E-state index contributed by atoms with van der Waals surface area (Å²) in [6.07, 6.45) is 2.22. The van der Waals surface area contributed by atoms with E-state index in [0.29, 0.717) is 30.8 Å². The third-order valence-corrected chi connectivity index (χ3v) is 4.76. The minimum atomic E-state index is -0.809. The van der Waals surface area contributed by atoms with Gasteiger partial charge in [0.05, 0.1) is 7.11 Å². The van der Waals surface area contributed by atoms with Gasteiger partial charge >= 0.3 is 0 Å². The maximum absolute atomic E-state index is 12.0. The summed E-state index contributed by atoms with van der Waals surface area (Å²) >= 11 is 0. The predicted molar refractivity (Wildman–Crippen MR) is 97.1 cm³/mol. The lowest BCUT2D eigenvalue weighted by atomic mass is 9.89. The van der Waals surface area contributed by atoms with Crippen molar-refractivity contribution in [2.45, 2.75) is 50.7 Å². The first-order valence-electron chi connectivity index (χ1n) is 8.99. The van der Waals surface area contributed by atoms with Crippen molar-refractivity contribution in [2.75, 3.05) is 20.3 Å². The zero-order valence-electron chi connectivity index (χ0n) is 15.4. The van der Waals surface area contributed by atoms with Crippen LogP contribution in [0.4, 0.5) is 0 Å². The smallest absolute Gasteiger partial charge is 0.220 e. The van der Waals surface area contributed by atoms with Gasteiger partial charge in [-0.2, -0.15) is 0 Å². The molecule has 1 aromatic carbocycles. The molecule has 1 fully saturated rings. The molecule has 0 saturated carbocycles. The van der Waals surface area contributed by atoms with Gasteiger partial charge in [0.2, 0.25) is 11.8 Å². The predicted octanol–water partition coefficient (Wildman–Crippen LogP) is 1.39. The molecule has 26 heavy (non-hydrogen) atoms. The first kappa shape index (κ1) is 20.0. The lowest BCUT2D eigenvalue weighted by Crippen LogP contribution is -2.42. The van der Waals surface area contributed by atoms with E-state index in [0.717, 1.165) is 12.8 Å². The minimum Gasteiger partial charge on any atom is -0.497 e. The Balaban J connectivity index is 1.67. The second-order valence-electron chi connectivity index (χ2n) is 6.63. The van der Waals surface area contributed by atoms with E-state index >= 15 is 0 Å². The fourth-order valence-electron chi connectivity index (χ4n) is 3.02. The maximum Gasteiger partial charge on any atom is 0.220 e. The summed E-state index contributed by atoms with van der Waals surface area (Å²) in [6, 6.07) is 7.10. The monoisotopic (exact) mass is 364 g/mol. The number of aliphatic hydroxyl groups is 1. The summed E-state index contributed by atoms with van der Waals surface area (Å²) in [4.78, 5) is 23.4. The number of carbonyl (C=O) groups is 2. The van der Waals surface area contributed by atoms with Gasteiger partial charge in [0.1, 0.15) is 24.2 Å². The highest BCUT2D eigenvalue weighted by molar-refractivity contribution is 5.80. The number of hydrogen-bond donors (Lipinski definition) is 3. The van der Waals surface area contributed by atoms with Crippen molar-refractivity contribution in [3.05, 3.63) is 24.3 Å². The van der Waals surface area contributed by atoms with E-state index in [4.69, 9.17) is 9.47 Å². The normalized spacial score (nSPS) is 20.3. The van der Waals surface area contributed by atoms with E-state index < -0.39 is 6.10 Å². The average Bonchev–Trinajstić information content (AvgIpc) is 3.04. The van der Waals surface area contributed by atoms with Crippen molar-refractivity contribution in [1.29, 1.82) is 0 Å². The molecular weight excluding hydrogens is 336 g/mol. The third kappa shape index (κ3) is 5.91. The summed E-state index contributed by atoms with van der Waals surface area (Å²) in [5.41, 5.74) is -0.261. The van der Waals surface area contributed by atoms with Crippen LogP contribution in [0, 0.1) is 0 Å².